The smallest absolute Gasteiger partial charge is 0.495 e. The summed E-state index contributed by atoms with van der Waals surface area (Å²) in [4.78, 5) is 1.06. The van der Waals surface area contributed by atoms with Crippen LogP contribution >= 0.6 is 32.9 Å². The van der Waals surface area contributed by atoms with Crippen LogP contribution in [0.1, 0.15) is 35.8 Å². The van der Waals surface area contributed by atoms with E-state index >= 15 is 0 Å². The van der Waals surface area contributed by atoms with Crippen molar-refractivity contribution >= 4 is 43.0 Å². The second kappa shape index (κ2) is 9.78. The van der Waals surface area contributed by atoms with Crippen molar-refractivity contribution in [2.75, 3.05) is 7.11 Å². The summed E-state index contributed by atoms with van der Waals surface area (Å²) in [7, 11) is 0.322. The second-order valence-corrected chi connectivity index (χ2v) is 9.39. The van der Waals surface area contributed by atoms with Crippen molar-refractivity contribution in [3.05, 3.63) is 38.0 Å². The van der Waals surface area contributed by atoms with Crippen molar-refractivity contribution < 1.29 is 47.3 Å². The molecule has 2 rings (SSSR count). The van der Waals surface area contributed by atoms with Crippen LogP contribution < -0.4 is 34.3 Å². The fraction of sp³-hybridized carbons (Fsp3) is 0.400. The second-order valence-electron chi connectivity index (χ2n) is 5.10. The van der Waals surface area contributed by atoms with Crippen molar-refractivity contribution in [2.45, 2.75) is 37.5 Å². The maximum Gasteiger partial charge on any atom is 1.00 e. The Bertz CT molecular complexity index is 839. The molecule has 9 heteroatoms. The molecule has 126 valence electrons. The first-order valence-corrected chi connectivity index (χ1v) is 11.1. The maximum absolute atomic E-state index is 11.5. The Hall–Kier alpha value is 0.200. The first kappa shape index (κ1) is 22.2. The van der Waals surface area contributed by atoms with Crippen LogP contribution in [-0.2, 0) is 23.0 Å². The molecule has 0 fully saturated rings. The molecule has 0 spiro atoms. The molecule has 1 heterocycles. The molecule has 0 aliphatic heterocycles. The summed E-state index contributed by atoms with van der Waals surface area (Å²) < 4.78 is 38.2. The molecule has 0 unspecified atom stereocenters. The van der Waals surface area contributed by atoms with Gasteiger partial charge in [-0.25, -0.2) is 0 Å². The fourth-order valence-corrected chi connectivity index (χ4v) is 5.93. The van der Waals surface area contributed by atoms with Crippen LogP contribution in [0.5, 0.6) is 5.75 Å². The summed E-state index contributed by atoms with van der Waals surface area (Å²) in [5.41, 5.74) is 1.88. The standard InChI is InChI=1S/C15H18O4S4.Na/c1-3-4-5-13-11(15(20)22-21-13)8-10-6-7-12(19-2)14(9-10)23(16,17)18;/h6-7,9H,3-5,8H2,1-2H3,(H,16,17,18);/q;+1. The first-order chi connectivity index (χ1) is 10.9. The van der Waals surface area contributed by atoms with E-state index < -0.39 is 10.1 Å². The molecule has 24 heavy (non-hydrogen) atoms. The third kappa shape index (κ3) is 5.60. The number of aryl methyl sites for hydroxylation is 1. The van der Waals surface area contributed by atoms with Gasteiger partial charge in [0.1, 0.15) is 14.5 Å². The predicted molar refractivity (Wildman–Crippen MR) is 97.3 cm³/mol. The van der Waals surface area contributed by atoms with Crippen LogP contribution in [0.4, 0.5) is 0 Å². The number of rotatable bonds is 7. The molecule has 0 saturated carbocycles. The van der Waals surface area contributed by atoms with E-state index in [0.29, 0.717) is 6.42 Å². The van der Waals surface area contributed by atoms with E-state index in [9.17, 15) is 13.0 Å². The molecule has 1 aromatic carbocycles. The Balaban J connectivity index is 0.00000288. The van der Waals surface area contributed by atoms with Gasteiger partial charge >= 0.3 is 29.6 Å². The van der Waals surface area contributed by atoms with Gasteiger partial charge in [0.05, 0.1) is 7.11 Å². The van der Waals surface area contributed by atoms with Crippen molar-refractivity contribution in [1.29, 1.82) is 0 Å². The Morgan fingerprint density at radius 1 is 1.29 bits per heavy atom. The van der Waals surface area contributed by atoms with E-state index in [1.807, 2.05) is 0 Å². The summed E-state index contributed by atoms with van der Waals surface area (Å²) in [6.45, 7) is 2.15. The summed E-state index contributed by atoms with van der Waals surface area (Å²) in [5, 5.41) is 0. The molecule has 0 aliphatic rings. The summed E-state index contributed by atoms with van der Waals surface area (Å²) in [6.07, 6.45) is 3.77. The van der Waals surface area contributed by atoms with E-state index in [2.05, 4.69) is 6.92 Å². The quantitative estimate of drug-likeness (QED) is 0.324. The Morgan fingerprint density at radius 3 is 2.58 bits per heavy atom. The molecule has 0 atom stereocenters. The zero-order chi connectivity index (χ0) is 17.0. The minimum Gasteiger partial charge on any atom is -0.495 e. The molecule has 0 aliphatic carbocycles. The molecule has 0 saturated heterocycles. The van der Waals surface area contributed by atoms with Gasteiger partial charge in [-0.15, -0.1) is 0 Å². The van der Waals surface area contributed by atoms with Gasteiger partial charge in [-0.3, -0.25) is 4.55 Å². The summed E-state index contributed by atoms with van der Waals surface area (Å²) >= 11 is 5.41. The van der Waals surface area contributed by atoms with Crippen LogP contribution in [0, 0.1) is 3.82 Å². The predicted octanol–water partition coefficient (Wildman–Crippen LogP) is 1.73. The summed E-state index contributed by atoms with van der Waals surface area (Å²) in [5.74, 6) is 0.134. The van der Waals surface area contributed by atoms with Crippen LogP contribution in [0.25, 0.3) is 0 Å². The third-order valence-electron chi connectivity index (χ3n) is 3.45. The number of unbranched alkanes of at least 4 members (excludes halogenated alkanes) is 1. The largest absolute Gasteiger partial charge is 1.00 e. The van der Waals surface area contributed by atoms with Gasteiger partial charge in [0.25, 0.3) is 10.1 Å². The zero-order valence-corrected chi connectivity index (χ0v) is 19.1. The third-order valence-corrected chi connectivity index (χ3v) is 7.62. The zero-order valence-electron chi connectivity index (χ0n) is 13.9. The van der Waals surface area contributed by atoms with Gasteiger partial charge in [0.15, 0.2) is 0 Å². The fourth-order valence-electron chi connectivity index (χ4n) is 2.24. The minimum atomic E-state index is -4.33. The van der Waals surface area contributed by atoms with Gasteiger partial charge in [-0.2, -0.15) is 8.42 Å². The Labute approximate surface area is 177 Å². The van der Waals surface area contributed by atoms with Crippen LogP contribution in [-0.4, -0.2) is 20.1 Å². The molecule has 1 aromatic heterocycles. The molecule has 0 amide bonds. The van der Waals surface area contributed by atoms with E-state index in [1.54, 1.807) is 32.8 Å². The SMILES string of the molecule is CCCCc1ssc(=S)c1Cc1ccc(OC)c(S(=O)(=O)O)c1.[Na+]. The van der Waals surface area contributed by atoms with Crippen molar-refractivity contribution in [1.82, 2.24) is 0 Å². The average Bonchev–Trinajstić information content (AvgIpc) is 2.85. The number of ether oxygens (including phenoxy) is 1. The molecule has 2 aromatic rings. The van der Waals surface area contributed by atoms with E-state index in [0.717, 1.165) is 34.2 Å². The maximum atomic E-state index is 11.5. The molecular formula is C15H18NaO4S4+. The van der Waals surface area contributed by atoms with E-state index in [-0.39, 0.29) is 40.2 Å². The van der Waals surface area contributed by atoms with Crippen molar-refractivity contribution in [2.24, 2.45) is 0 Å². The number of hydrogen-bond donors (Lipinski definition) is 1. The van der Waals surface area contributed by atoms with Crippen LogP contribution in [0.2, 0.25) is 0 Å². The minimum absolute atomic E-state index is 0. The molecule has 0 bridgehead atoms. The topological polar surface area (TPSA) is 63.6 Å². The number of benzene rings is 1. The van der Waals surface area contributed by atoms with Crippen molar-refractivity contribution in [3.63, 3.8) is 0 Å². The normalized spacial score (nSPS) is 11.1. The van der Waals surface area contributed by atoms with Crippen LogP contribution in [0.3, 0.4) is 0 Å². The molecular weight excluding hydrogens is 395 g/mol. The average molecular weight is 414 g/mol. The van der Waals surface area contributed by atoms with Crippen molar-refractivity contribution in [3.8, 4) is 5.75 Å². The number of hydrogen-bond acceptors (Lipinski definition) is 6. The van der Waals surface area contributed by atoms with Gasteiger partial charge in [-0.05, 0) is 36.1 Å². The number of methoxy groups -OCH3 is 1. The molecule has 0 radical (unpaired) electrons. The van der Waals surface area contributed by atoms with Gasteiger partial charge in [0, 0.05) is 11.3 Å². The van der Waals surface area contributed by atoms with Crippen LogP contribution in [0.15, 0.2) is 23.1 Å². The van der Waals surface area contributed by atoms with Gasteiger partial charge < -0.3 is 4.74 Å². The van der Waals surface area contributed by atoms with E-state index in [1.165, 1.54) is 18.1 Å². The first-order valence-electron chi connectivity index (χ1n) is 7.12. The summed E-state index contributed by atoms with van der Waals surface area (Å²) in [6, 6.07) is 4.81. The van der Waals surface area contributed by atoms with Gasteiger partial charge in [0.2, 0.25) is 0 Å². The monoisotopic (exact) mass is 413 g/mol. The molecule has 4 nitrogen and oxygen atoms in total. The van der Waals surface area contributed by atoms with Gasteiger partial charge in [-0.1, -0.05) is 52.3 Å². The Morgan fingerprint density at radius 2 is 2.00 bits per heavy atom. The molecule has 1 N–H and O–H groups in total. The Kier molecular flexibility index (Phi) is 9.06. The van der Waals surface area contributed by atoms with E-state index in [4.69, 9.17) is 17.0 Å².